The minimum atomic E-state index is 0.250. The fourth-order valence-corrected chi connectivity index (χ4v) is 1.22. The summed E-state index contributed by atoms with van der Waals surface area (Å²) in [5, 5.41) is 7.13. The van der Waals surface area contributed by atoms with Crippen molar-refractivity contribution in [1.82, 2.24) is 0 Å². The van der Waals surface area contributed by atoms with Crippen molar-refractivity contribution >= 4 is 5.84 Å². The van der Waals surface area contributed by atoms with Crippen LogP contribution in [0, 0.1) is 11.3 Å². The van der Waals surface area contributed by atoms with Crippen LogP contribution in [-0.2, 0) is 0 Å². The van der Waals surface area contributed by atoms with Gasteiger partial charge in [-0.05, 0) is 24.3 Å². The first-order chi connectivity index (χ1) is 4.22. The van der Waals surface area contributed by atoms with Gasteiger partial charge in [0, 0.05) is 0 Å². The second-order valence-electron chi connectivity index (χ2n) is 2.55. The Kier molecular flexibility index (Phi) is 1.56. The number of nitrogens with two attached hydrogens (primary N) is 1. The second-order valence-corrected chi connectivity index (χ2v) is 2.55. The summed E-state index contributed by atoms with van der Waals surface area (Å²) in [5.74, 6) is 0.766. The highest BCUT2D eigenvalue weighted by Crippen LogP contribution is 2.24. The van der Waals surface area contributed by atoms with Crippen molar-refractivity contribution in [3.05, 3.63) is 11.6 Å². The second kappa shape index (κ2) is 2.21. The maximum Gasteiger partial charge on any atom is 0.118 e. The highest BCUT2D eigenvalue weighted by molar-refractivity contribution is 5.95. The third-order valence-electron chi connectivity index (χ3n) is 1.81. The molecule has 0 saturated heterocycles. The summed E-state index contributed by atoms with van der Waals surface area (Å²) < 4.78 is 0. The van der Waals surface area contributed by atoms with E-state index in [-0.39, 0.29) is 5.84 Å². The molecular weight excluding hydrogens is 112 g/mol. The van der Waals surface area contributed by atoms with Gasteiger partial charge in [0.2, 0.25) is 0 Å². The maximum atomic E-state index is 7.13. The van der Waals surface area contributed by atoms with Crippen LogP contribution in [0.4, 0.5) is 0 Å². The van der Waals surface area contributed by atoms with Crippen molar-refractivity contribution in [1.29, 1.82) is 5.41 Å². The Morgan fingerprint density at radius 1 is 1.89 bits per heavy atom. The van der Waals surface area contributed by atoms with Gasteiger partial charge < -0.3 is 5.73 Å². The molecule has 50 valence electrons. The lowest BCUT2D eigenvalue weighted by atomic mass is 10.0. The molecule has 0 saturated carbocycles. The summed E-state index contributed by atoms with van der Waals surface area (Å²) >= 11 is 0. The van der Waals surface area contributed by atoms with Crippen LogP contribution < -0.4 is 5.73 Å². The van der Waals surface area contributed by atoms with E-state index < -0.39 is 0 Å². The van der Waals surface area contributed by atoms with Crippen molar-refractivity contribution in [2.24, 2.45) is 11.7 Å². The van der Waals surface area contributed by atoms with Gasteiger partial charge in [-0.3, -0.25) is 5.41 Å². The monoisotopic (exact) mass is 124 g/mol. The van der Waals surface area contributed by atoms with Crippen molar-refractivity contribution in [2.45, 2.75) is 19.8 Å². The molecule has 2 heteroatoms. The first kappa shape index (κ1) is 6.33. The molecule has 0 heterocycles. The van der Waals surface area contributed by atoms with Gasteiger partial charge in [-0.25, -0.2) is 0 Å². The van der Waals surface area contributed by atoms with E-state index in [0.29, 0.717) is 5.92 Å². The third kappa shape index (κ3) is 1.12. The molecule has 1 aliphatic carbocycles. The van der Waals surface area contributed by atoms with E-state index in [4.69, 9.17) is 11.1 Å². The molecule has 2 nitrogen and oxygen atoms in total. The molecule has 0 aromatic rings. The SMILES string of the molecule is C[C@@H]1CCC=C1C(=N)N. The van der Waals surface area contributed by atoms with Crippen LogP contribution in [0.5, 0.6) is 0 Å². The van der Waals surface area contributed by atoms with Crippen molar-refractivity contribution in [2.75, 3.05) is 0 Å². The van der Waals surface area contributed by atoms with Crippen LogP contribution in [0.15, 0.2) is 11.6 Å². The standard InChI is InChI=1S/C7H12N2/c1-5-3-2-4-6(5)7(8)9/h4-5H,2-3H2,1H3,(H3,8,9)/t5-/m1/s1. The summed E-state index contributed by atoms with van der Waals surface area (Å²) in [5.41, 5.74) is 6.34. The number of nitrogens with one attached hydrogen (secondary N) is 1. The quantitative estimate of drug-likeness (QED) is 0.401. The van der Waals surface area contributed by atoms with E-state index in [1.165, 1.54) is 0 Å². The molecule has 0 amide bonds. The Morgan fingerprint density at radius 2 is 2.56 bits per heavy atom. The largest absolute Gasteiger partial charge is 0.384 e. The van der Waals surface area contributed by atoms with E-state index in [2.05, 4.69) is 13.0 Å². The zero-order chi connectivity index (χ0) is 6.85. The smallest absolute Gasteiger partial charge is 0.118 e. The lowest BCUT2D eigenvalue weighted by molar-refractivity contribution is 0.686. The molecule has 0 unspecified atom stereocenters. The predicted octanol–water partition coefficient (Wildman–Crippen LogP) is 1.28. The van der Waals surface area contributed by atoms with Crippen LogP contribution in [0.3, 0.4) is 0 Å². The van der Waals surface area contributed by atoms with Gasteiger partial charge in [0.25, 0.3) is 0 Å². The molecule has 0 aromatic heterocycles. The Hall–Kier alpha value is -0.790. The molecule has 3 N–H and O–H groups in total. The average Bonchev–Trinajstić information content (AvgIpc) is 2.13. The Morgan fingerprint density at radius 3 is 2.78 bits per heavy atom. The van der Waals surface area contributed by atoms with Crippen molar-refractivity contribution < 1.29 is 0 Å². The molecule has 0 spiro atoms. The van der Waals surface area contributed by atoms with Gasteiger partial charge in [-0.1, -0.05) is 13.0 Å². The number of hydrogen-bond acceptors (Lipinski definition) is 1. The van der Waals surface area contributed by atoms with Crippen LogP contribution in [0.25, 0.3) is 0 Å². The van der Waals surface area contributed by atoms with E-state index >= 15 is 0 Å². The lowest BCUT2D eigenvalue weighted by Gasteiger charge is -2.04. The molecule has 0 aliphatic heterocycles. The van der Waals surface area contributed by atoms with Crippen LogP contribution in [0.1, 0.15) is 19.8 Å². The topological polar surface area (TPSA) is 49.9 Å². The molecule has 0 bridgehead atoms. The van der Waals surface area contributed by atoms with E-state index in [1.807, 2.05) is 0 Å². The Labute approximate surface area is 55.3 Å². The fraction of sp³-hybridized carbons (Fsp3) is 0.571. The van der Waals surface area contributed by atoms with Crippen LogP contribution in [0.2, 0.25) is 0 Å². The van der Waals surface area contributed by atoms with Crippen LogP contribution >= 0.6 is 0 Å². The zero-order valence-electron chi connectivity index (χ0n) is 5.65. The molecule has 1 rings (SSSR count). The van der Waals surface area contributed by atoms with E-state index in [1.54, 1.807) is 0 Å². The zero-order valence-corrected chi connectivity index (χ0v) is 5.65. The summed E-state index contributed by atoms with van der Waals surface area (Å²) in [6, 6.07) is 0. The molecule has 1 aliphatic rings. The molecule has 1 atom stereocenters. The van der Waals surface area contributed by atoms with Gasteiger partial charge in [0.15, 0.2) is 0 Å². The minimum absolute atomic E-state index is 0.250. The summed E-state index contributed by atoms with van der Waals surface area (Å²) in [4.78, 5) is 0. The van der Waals surface area contributed by atoms with Gasteiger partial charge in [0.05, 0.1) is 0 Å². The average molecular weight is 124 g/mol. The molecule has 0 radical (unpaired) electrons. The van der Waals surface area contributed by atoms with Crippen molar-refractivity contribution in [3.63, 3.8) is 0 Å². The molecular formula is C7H12N2. The summed E-state index contributed by atoms with van der Waals surface area (Å²) in [6.45, 7) is 2.11. The van der Waals surface area contributed by atoms with Crippen LogP contribution in [-0.4, -0.2) is 5.84 Å². The normalized spacial score (nSPS) is 25.9. The maximum absolute atomic E-state index is 7.13. The fourth-order valence-electron chi connectivity index (χ4n) is 1.22. The molecule has 0 fully saturated rings. The third-order valence-corrected chi connectivity index (χ3v) is 1.81. The predicted molar refractivity (Wildman–Crippen MR) is 38.4 cm³/mol. The van der Waals surface area contributed by atoms with E-state index in [9.17, 15) is 0 Å². The minimum Gasteiger partial charge on any atom is -0.384 e. The highest BCUT2D eigenvalue weighted by atomic mass is 14.7. The number of rotatable bonds is 1. The molecule has 0 aromatic carbocycles. The number of allylic oxidation sites excluding steroid dienone is 1. The summed E-state index contributed by atoms with van der Waals surface area (Å²) in [7, 11) is 0. The van der Waals surface area contributed by atoms with E-state index in [0.717, 1.165) is 18.4 Å². The number of amidine groups is 1. The van der Waals surface area contributed by atoms with Crippen molar-refractivity contribution in [3.8, 4) is 0 Å². The van der Waals surface area contributed by atoms with Gasteiger partial charge in [-0.15, -0.1) is 0 Å². The first-order valence-electron chi connectivity index (χ1n) is 3.26. The highest BCUT2D eigenvalue weighted by Gasteiger charge is 2.15. The van der Waals surface area contributed by atoms with Gasteiger partial charge in [-0.2, -0.15) is 0 Å². The van der Waals surface area contributed by atoms with Gasteiger partial charge in [0.1, 0.15) is 5.84 Å². The Bertz CT molecular complexity index is 158. The Balaban J connectivity index is 2.68. The summed E-state index contributed by atoms with van der Waals surface area (Å²) in [6.07, 6.45) is 4.32. The first-order valence-corrected chi connectivity index (χ1v) is 3.26. The number of hydrogen-bond donors (Lipinski definition) is 2. The van der Waals surface area contributed by atoms with Gasteiger partial charge >= 0.3 is 0 Å². The molecule has 9 heavy (non-hydrogen) atoms. The lowest BCUT2D eigenvalue weighted by Crippen LogP contribution is -2.15.